The number of amides is 1. The maximum atomic E-state index is 13.3. The Labute approximate surface area is 182 Å². The summed E-state index contributed by atoms with van der Waals surface area (Å²) in [5.74, 6) is -1.73. The number of carboxylic acids is 1. The van der Waals surface area contributed by atoms with Gasteiger partial charge in [0, 0.05) is 6.61 Å². The van der Waals surface area contributed by atoms with E-state index in [4.69, 9.17) is 9.47 Å². The van der Waals surface area contributed by atoms with Crippen molar-refractivity contribution in [2.45, 2.75) is 76.2 Å². The van der Waals surface area contributed by atoms with Crippen molar-refractivity contribution in [2.24, 2.45) is 0 Å². The fourth-order valence-electron chi connectivity index (χ4n) is 4.55. The topological polar surface area (TPSA) is 105 Å². The highest BCUT2D eigenvalue weighted by Crippen LogP contribution is 2.32. The summed E-state index contributed by atoms with van der Waals surface area (Å²) in [6, 6.07) is 7.29. The largest absolute Gasteiger partial charge is 0.480 e. The zero-order valence-electron chi connectivity index (χ0n) is 18.2. The first-order valence-electron chi connectivity index (χ1n) is 11.1. The van der Waals surface area contributed by atoms with Crippen molar-refractivity contribution in [3.8, 4) is 0 Å². The van der Waals surface area contributed by atoms with E-state index in [9.17, 15) is 19.5 Å². The zero-order chi connectivity index (χ0) is 22.4. The highest BCUT2D eigenvalue weighted by Gasteiger charge is 2.47. The maximum absolute atomic E-state index is 13.3. The number of esters is 1. The first kappa shape index (κ1) is 23.2. The second-order valence-electron chi connectivity index (χ2n) is 8.16. The fraction of sp³-hybridized carbons (Fsp3) is 0.609. The van der Waals surface area contributed by atoms with E-state index in [1.807, 2.05) is 30.3 Å². The van der Waals surface area contributed by atoms with Crippen LogP contribution in [0.3, 0.4) is 0 Å². The van der Waals surface area contributed by atoms with Crippen LogP contribution >= 0.6 is 0 Å². The van der Waals surface area contributed by atoms with Crippen LogP contribution in [0, 0.1) is 0 Å². The number of carboxylic acid groups (broad SMARTS) is 1. The van der Waals surface area contributed by atoms with Gasteiger partial charge in [0.25, 0.3) is 0 Å². The second kappa shape index (κ2) is 10.7. The summed E-state index contributed by atoms with van der Waals surface area (Å²) in [5, 5.41) is 12.8. The molecule has 8 nitrogen and oxygen atoms in total. The van der Waals surface area contributed by atoms with Gasteiger partial charge in [0.05, 0.1) is 24.8 Å². The summed E-state index contributed by atoms with van der Waals surface area (Å²) in [6.07, 6.45) is 2.63. The molecule has 2 fully saturated rings. The van der Waals surface area contributed by atoms with E-state index in [0.29, 0.717) is 38.7 Å². The Morgan fingerprint density at radius 1 is 1.23 bits per heavy atom. The third kappa shape index (κ3) is 5.62. The number of fused-ring (bicyclic) bond motifs is 1. The van der Waals surface area contributed by atoms with Crippen LogP contribution in [0.5, 0.6) is 0 Å². The molecule has 0 aliphatic carbocycles. The number of hydrogen-bond acceptors (Lipinski definition) is 6. The first-order chi connectivity index (χ1) is 14.9. The van der Waals surface area contributed by atoms with Gasteiger partial charge in [-0.3, -0.25) is 14.9 Å². The minimum absolute atomic E-state index is 0.120. The van der Waals surface area contributed by atoms with E-state index in [2.05, 4.69) is 5.32 Å². The summed E-state index contributed by atoms with van der Waals surface area (Å²) in [5.41, 5.74) is 1.09. The monoisotopic (exact) mass is 432 g/mol. The lowest BCUT2D eigenvalue weighted by molar-refractivity contribution is -0.159. The van der Waals surface area contributed by atoms with Crippen LogP contribution in [-0.2, 0) is 30.3 Å². The van der Waals surface area contributed by atoms with E-state index in [1.165, 1.54) is 4.90 Å². The van der Waals surface area contributed by atoms with Gasteiger partial charge in [0.2, 0.25) is 5.91 Å². The van der Waals surface area contributed by atoms with E-state index >= 15 is 0 Å². The molecule has 170 valence electrons. The van der Waals surface area contributed by atoms with Gasteiger partial charge >= 0.3 is 11.9 Å². The minimum Gasteiger partial charge on any atom is -0.480 e. The van der Waals surface area contributed by atoms with E-state index < -0.39 is 30.1 Å². The Hall–Kier alpha value is -2.45. The van der Waals surface area contributed by atoms with Crippen LogP contribution in [-0.4, -0.2) is 71.3 Å². The van der Waals surface area contributed by atoms with Gasteiger partial charge in [-0.1, -0.05) is 30.3 Å². The minimum atomic E-state index is -1.00. The second-order valence-corrected chi connectivity index (χ2v) is 8.16. The Balaban J connectivity index is 1.71. The average Bonchev–Trinajstić information content (AvgIpc) is 3.25. The third-order valence-corrected chi connectivity index (χ3v) is 6.09. The van der Waals surface area contributed by atoms with Crippen LogP contribution in [0.1, 0.15) is 45.1 Å². The fourth-order valence-corrected chi connectivity index (χ4v) is 4.55. The Morgan fingerprint density at radius 3 is 2.65 bits per heavy atom. The van der Waals surface area contributed by atoms with Crippen LogP contribution in [0.25, 0.3) is 0 Å². The molecule has 2 N–H and O–H groups in total. The molecule has 4 unspecified atom stereocenters. The number of nitrogens with one attached hydrogen (secondary N) is 1. The molecule has 31 heavy (non-hydrogen) atoms. The third-order valence-electron chi connectivity index (χ3n) is 6.09. The molecule has 0 saturated carbocycles. The highest BCUT2D eigenvalue weighted by atomic mass is 16.5. The maximum Gasteiger partial charge on any atom is 0.326 e. The number of likely N-dealkylation sites (tertiary alicyclic amines) is 1. The van der Waals surface area contributed by atoms with Gasteiger partial charge in [0.1, 0.15) is 12.1 Å². The molecular weight excluding hydrogens is 400 g/mol. The van der Waals surface area contributed by atoms with Crippen molar-refractivity contribution in [1.82, 2.24) is 10.2 Å². The number of rotatable bonds is 9. The molecular formula is C23H32N2O6. The van der Waals surface area contributed by atoms with E-state index in [1.54, 1.807) is 13.8 Å². The van der Waals surface area contributed by atoms with Gasteiger partial charge in [-0.25, -0.2) is 4.79 Å². The summed E-state index contributed by atoms with van der Waals surface area (Å²) in [6.45, 7) is 4.19. The summed E-state index contributed by atoms with van der Waals surface area (Å²) in [7, 11) is 0. The van der Waals surface area contributed by atoms with Gasteiger partial charge in [-0.15, -0.1) is 0 Å². The predicted molar refractivity (Wildman–Crippen MR) is 113 cm³/mol. The molecule has 1 aromatic rings. The van der Waals surface area contributed by atoms with Crippen LogP contribution in [0.2, 0.25) is 0 Å². The van der Waals surface area contributed by atoms with E-state index in [0.717, 1.165) is 5.56 Å². The summed E-state index contributed by atoms with van der Waals surface area (Å²) >= 11 is 0. The van der Waals surface area contributed by atoms with Gasteiger partial charge in [0.15, 0.2) is 0 Å². The van der Waals surface area contributed by atoms with Gasteiger partial charge < -0.3 is 19.5 Å². The van der Waals surface area contributed by atoms with Crippen molar-refractivity contribution < 1.29 is 29.0 Å². The van der Waals surface area contributed by atoms with Crippen molar-refractivity contribution in [2.75, 3.05) is 13.2 Å². The molecule has 0 spiro atoms. The molecule has 3 rings (SSSR count). The lowest BCUT2D eigenvalue weighted by atomic mass is 9.91. The Kier molecular flexibility index (Phi) is 8.03. The summed E-state index contributed by atoms with van der Waals surface area (Å²) in [4.78, 5) is 39.2. The van der Waals surface area contributed by atoms with Crippen LogP contribution in [0.15, 0.2) is 30.3 Å². The van der Waals surface area contributed by atoms with Crippen molar-refractivity contribution in [3.05, 3.63) is 35.9 Å². The van der Waals surface area contributed by atoms with Crippen molar-refractivity contribution in [1.29, 1.82) is 0 Å². The number of nitrogens with zero attached hydrogens (tertiary/aromatic N) is 1. The molecule has 0 radical (unpaired) electrons. The first-order valence-corrected chi connectivity index (χ1v) is 11.1. The molecule has 2 heterocycles. The number of aliphatic carboxylic acids is 1. The average molecular weight is 433 g/mol. The molecule has 0 bridgehead atoms. The smallest absolute Gasteiger partial charge is 0.326 e. The van der Waals surface area contributed by atoms with Gasteiger partial charge in [-0.05, 0) is 51.5 Å². The van der Waals surface area contributed by atoms with Crippen LogP contribution < -0.4 is 5.32 Å². The quantitative estimate of drug-likeness (QED) is 0.573. The predicted octanol–water partition coefficient (Wildman–Crippen LogP) is 1.76. The molecule has 2 aliphatic heterocycles. The van der Waals surface area contributed by atoms with Crippen LogP contribution in [0.4, 0.5) is 0 Å². The molecule has 5 atom stereocenters. The highest BCUT2D eigenvalue weighted by molar-refractivity contribution is 5.88. The number of piperidine rings is 1. The standard InChI is InChI=1S/C23H32N2O6/c1-3-30-23(29)17(10-9-16-7-5-4-6-8-16)24-15(2)21(26)25-18-13-14-31-20(18)12-11-19(25)22(27)28/h4-8,15,17-20,24H,3,9-14H2,1-2H3,(H,27,28)/t15-,17?,18?,19?,20?/m0/s1. The number of carbonyl (C=O) groups is 3. The summed E-state index contributed by atoms with van der Waals surface area (Å²) < 4.78 is 10.9. The molecule has 0 aromatic heterocycles. The number of benzene rings is 1. The Bertz CT molecular complexity index is 771. The molecule has 1 amide bonds. The van der Waals surface area contributed by atoms with E-state index in [-0.39, 0.29) is 24.7 Å². The van der Waals surface area contributed by atoms with Gasteiger partial charge in [-0.2, -0.15) is 0 Å². The molecule has 8 heteroatoms. The molecule has 2 aliphatic rings. The lowest BCUT2D eigenvalue weighted by Crippen LogP contribution is -2.61. The zero-order valence-corrected chi connectivity index (χ0v) is 18.2. The number of ether oxygens (including phenoxy) is 2. The molecule has 1 aromatic carbocycles. The SMILES string of the molecule is CCOC(=O)C(CCc1ccccc1)N[C@@H](C)C(=O)N1C(C(=O)O)CCC2OCCC21. The molecule has 2 saturated heterocycles. The van der Waals surface area contributed by atoms with Crippen molar-refractivity contribution in [3.63, 3.8) is 0 Å². The van der Waals surface area contributed by atoms with Crippen molar-refractivity contribution >= 4 is 17.8 Å². The number of carbonyl (C=O) groups excluding carboxylic acids is 2. The lowest BCUT2D eigenvalue weighted by Gasteiger charge is -2.42. The Morgan fingerprint density at radius 2 is 1.97 bits per heavy atom. The number of aryl methyl sites for hydroxylation is 1. The number of hydrogen-bond donors (Lipinski definition) is 2. The normalized spacial score (nSPS) is 24.8.